The van der Waals surface area contributed by atoms with Crippen LogP contribution in [0.25, 0.3) is 11.4 Å². The van der Waals surface area contributed by atoms with E-state index in [0.29, 0.717) is 34.5 Å². The van der Waals surface area contributed by atoms with E-state index in [1.165, 1.54) is 0 Å². The van der Waals surface area contributed by atoms with Gasteiger partial charge in [0.15, 0.2) is 0 Å². The highest BCUT2D eigenvalue weighted by Crippen LogP contribution is 2.23. The minimum absolute atomic E-state index is 0.0192. The van der Waals surface area contributed by atoms with E-state index < -0.39 is 5.91 Å². The Bertz CT molecular complexity index is 1060. The summed E-state index contributed by atoms with van der Waals surface area (Å²) >= 11 is 5.91. The van der Waals surface area contributed by atoms with E-state index in [0.717, 1.165) is 31.5 Å². The van der Waals surface area contributed by atoms with Crippen molar-refractivity contribution in [2.24, 2.45) is 11.7 Å². The van der Waals surface area contributed by atoms with Crippen molar-refractivity contribution in [3.05, 3.63) is 65.0 Å². The molecule has 0 atom stereocenters. The van der Waals surface area contributed by atoms with E-state index in [4.69, 9.17) is 21.9 Å². The first-order valence-corrected chi connectivity index (χ1v) is 10.4. The molecule has 0 radical (unpaired) electrons. The fraction of sp³-hybridized carbons (Fsp3) is 0.273. The van der Waals surface area contributed by atoms with Crippen LogP contribution in [0.3, 0.4) is 0 Å². The van der Waals surface area contributed by atoms with E-state index >= 15 is 0 Å². The molecule has 1 fully saturated rings. The van der Waals surface area contributed by atoms with Gasteiger partial charge in [-0.2, -0.15) is 4.98 Å². The number of piperidine rings is 1. The van der Waals surface area contributed by atoms with Crippen molar-refractivity contribution in [3.63, 3.8) is 0 Å². The first kappa shape index (κ1) is 21.0. The zero-order valence-electron chi connectivity index (χ0n) is 16.8. The molecule has 2 aromatic carbocycles. The number of carbonyl (C=O) groups is 2. The average molecular weight is 440 g/mol. The number of nitrogens with two attached hydrogens (primary N) is 1. The smallest absolute Gasteiger partial charge is 0.248 e. The van der Waals surface area contributed by atoms with Gasteiger partial charge in [-0.15, -0.1) is 0 Å². The summed E-state index contributed by atoms with van der Waals surface area (Å²) in [6.07, 6.45) is 1.48. The zero-order valence-corrected chi connectivity index (χ0v) is 17.5. The first-order chi connectivity index (χ1) is 15.0. The number of carbonyl (C=O) groups excluding carboxylic acids is 2. The second-order valence-corrected chi connectivity index (χ2v) is 7.94. The normalized spacial score (nSPS) is 15.0. The summed E-state index contributed by atoms with van der Waals surface area (Å²) in [7, 11) is 0. The molecule has 8 nitrogen and oxygen atoms in total. The number of anilines is 1. The van der Waals surface area contributed by atoms with Crippen LogP contribution in [0.15, 0.2) is 53.1 Å². The molecule has 9 heteroatoms. The maximum absolute atomic E-state index is 12.6. The lowest BCUT2D eigenvalue weighted by molar-refractivity contribution is -0.121. The lowest BCUT2D eigenvalue weighted by atomic mass is 9.96. The molecule has 1 aliphatic heterocycles. The Kier molecular flexibility index (Phi) is 6.29. The highest BCUT2D eigenvalue weighted by Gasteiger charge is 2.26. The summed E-state index contributed by atoms with van der Waals surface area (Å²) in [5.41, 5.74) is 7.14. The van der Waals surface area contributed by atoms with Crippen LogP contribution < -0.4 is 11.1 Å². The van der Waals surface area contributed by atoms with Crippen LogP contribution in [0.1, 0.15) is 29.1 Å². The fourth-order valence-corrected chi connectivity index (χ4v) is 3.67. The summed E-state index contributed by atoms with van der Waals surface area (Å²) in [6.45, 7) is 2.07. The molecule has 1 saturated heterocycles. The van der Waals surface area contributed by atoms with Crippen LogP contribution in [-0.2, 0) is 11.3 Å². The summed E-state index contributed by atoms with van der Waals surface area (Å²) in [5, 5.41) is 7.60. The van der Waals surface area contributed by atoms with Crippen molar-refractivity contribution in [1.82, 2.24) is 15.0 Å². The summed E-state index contributed by atoms with van der Waals surface area (Å²) in [4.78, 5) is 30.4. The Balaban J connectivity index is 1.27. The van der Waals surface area contributed by atoms with Crippen LogP contribution in [0, 0.1) is 5.92 Å². The standard InChI is InChI=1S/C22H22ClN5O3/c23-17-5-1-15(2-6-17)21-26-19(31-27-21)13-28-11-9-16(10-12-28)22(30)25-18-7-3-14(4-8-18)20(24)29/h1-8,16H,9-13H2,(H2,24,29)(H,25,30). The van der Waals surface area contributed by atoms with Crippen molar-refractivity contribution in [2.45, 2.75) is 19.4 Å². The predicted octanol–water partition coefficient (Wildman–Crippen LogP) is 3.34. The Morgan fingerprint density at radius 1 is 1.10 bits per heavy atom. The number of hydrogen-bond donors (Lipinski definition) is 2. The molecule has 160 valence electrons. The molecule has 1 aliphatic rings. The number of likely N-dealkylation sites (tertiary alicyclic amines) is 1. The van der Waals surface area contributed by atoms with Gasteiger partial charge in [-0.1, -0.05) is 16.8 Å². The van der Waals surface area contributed by atoms with Gasteiger partial charge in [0.25, 0.3) is 0 Å². The number of hydrogen-bond acceptors (Lipinski definition) is 6. The van der Waals surface area contributed by atoms with Crippen LogP contribution in [0.5, 0.6) is 0 Å². The monoisotopic (exact) mass is 439 g/mol. The van der Waals surface area contributed by atoms with Crippen LogP contribution in [0.2, 0.25) is 5.02 Å². The van der Waals surface area contributed by atoms with Gasteiger partial charge >= 0.3 is 0 Å². The zero-order chi connectivity index (χ0) is 21.8. The van der Waals surface area contributed by atoms with Gasteiger partial charge in [-0.25, -0.2) is 0 Å². The molecule has 0 saturated carbocycles. The quantitative estimate of drug-likeness (QED) is 0.608. The minimum atomic E-state index is -0.494. The van der Waals surface area contributed by atoms with Crippen molar-refractivity contribution in [2.75, 3.05) is 18.4 Å². The molecular weight excluding hydrogens is 418 g/mol. The SMILES string of the molecule is NC(=O)c1ccc(NC(=O)C2CCN(Cc3nc(-c4ccc(Cl)cc4)no3)CC2)cc1. The van der Waals surface area contributed by atoms with Crippen LogP contribution in [0.4, 0.5) is 5.69 Å². The Labute approximate surface area is 184 Å². The molecule has 1 aromatic heterocycles. The lowest BCUT2D eigenvalue weighted by Crippen LogP contribution is -2.37. The third kappa shape index (κ3) is 5.28. The van der Waals surface area contributed by atoms with Crippen molar-refractivity contribution in [3.8, 4) is 11.4 Å². The van der Waals surface area contributed by atoms with E-state index in [-0.39, 0.29) is 11.8 Å². The van der Waals surface area contributed by atoms with E-state index in [1.807, 2.05) is 12.1 Å². The van der Waals surface area contributed by atoms with Gasteiger partial charge in [0.05, 0.1) is 6.54 Å². The molecule has 2 heterocycles. The third-order valence-corrected chi connectivity index (χ3v) is 5.58. The number of primary amides is 1. The Morgan fingerprint density at radius 3 is 2.42 bits per heavy atom. The highest BCUT2D eigenvalue weighted by atomic mass is 35.5. The fourth-order valence-electron chi connectivity index (χ4n) is 3.54. The average Bonchev–Trinajstić information content (AvgIpc) is 3.23. The highest BCUT2D eigenvalue weighted by molar-refractivity contribution is 6.30. The van der Waals surface area contributed by atoms with E-state index in [2.05, 4.69) is 20.4 Å². The first-order valence-electron chi connectivity index (χ1n) is 9.99. The van der Waals surface area contributed by atoms with Gasteiger partial charge in [-0.05, 0) is 74.5 Å². The number of aromatic nitrogens is 2. The Morgan fingerprint density at radius 2 is 1.77 bits per heavy atom. The number of amides is 2. The molecule has 31 heavy (non-hydrogen) atoms. The number of halogens is 1. The molecule has 2 amide bonds. The van der Waals surface area contributed by atoms with E-state index in [9.17, 15) is 9.59 Å². The predicted molar refractivity (Wildman–Crippen MR) is 116 cm³/mol. The lowest BCUT2D eigenvalue weighted by Gasteiger charge is -2.30. The second-order valence-electron chi connectivity index (χ2n) is 7.50. The number of rotatable bonds is 6. The maximum Gasteiger partial charge on any atom is 0.248 e. The largest absolute Gasteiger partial charge is 0.366 e. The number of nitrogens with one attached hydrogen (secondary N) is 1. The van der Waals surface area contributed by atoms with Gasteiger partial charge < -0.3 is 15.6 Å². The molecule has 4 rings (SSSR count). The van der Waals surface area contributed by atoms with Crippen LogP contribution >= 0.6 is 11.6 Å². The molecule has 3 N–H and O–H groups in total. The molecule has 0 bridgehead atoms. The van der Waals surface area contributed by atoms with Crippen molar-refractivity contribution >= 4 is 29.1 Å². The summed E-state index contributed by atoms with van der Waals surface area (Å²) < 4.78 is 5.38. The summed E-state index contributed by atoms with van der Waals surface area (Å²) in [6, 6.07) is 13.8. The molecule has 0 spiro atoms. The molecule has 0 unspecified atom stereocenters. The molecular formula is C22H22ClN5O3. The number of nitrogens with zero attached hydrogens (tertiary/aromatic N) is 3. The number of benzene rings is 2. The van der Waals surface area contributed by atoms with Gasteiger partial charge in [0.1, 0.15) is 0 Å². The molecule has 3 aromatic rings. The molecule has 0 aliphatic carbocycles. The van der Waals surface area contributed by atoms with Crippen LogP contribution in [-0.4, -0.2) is 39.9 Å². The minimum Gasteiger partial charge on any atom is -0.366 e. The van der Waals surface area contributed by atoms with Gasteiger partial charge in [0, 0.05) is 27.8 Å². The van der Waals surface area contributed by atoms with Gasteiger partial charge in [-0.3, -0.25) is 14.5 Å². The van der Waals surface area contributed by atoms with Crippen molar-refractivity contribution in [1.29, 1.82) is 0 Å². The van der Waals surface area contributed by atoms with Gasteiger partial charge in [0.2, 0.25) is 23.5 Å². The Hall–Kier alpha value is -3.23. The van der Waals surface area contributed by atoms with E-state index in [1.54, 1.807) is 36.4 Å². The topological polar surface area (TPSA) is 114 Å². The summed E-state index contributed by atoms with van der Waals surface area (Å²) in [5.74, 6) is 0.492. The van der Waals surface area contributed by atoms with Crippen molar-refractivity contribution < 1.29 is 14.1 Å². The second kappa shape index (κ2) is 9.28. The third-order valence-electron chi connectivity index (χ3n) is 5.32. The maximum atomic E-state index is 12.6.